The van der Waals surface area contributed by atoms with Crippen molar-refractivity contribution in [1.29, 1.82) is 0 Å². The molecule has 1 N–H and O–H groups in total. The molecule has 0 saturated carbocycles. The summed E-state index contributed by atoms with van der Waals surface area (Å²) in [6.07, 6.45) is 2.56. The highest BCUT2D eigenvalue weighted by molar-refractivity contribution is 9.08. The number of sulfonamides is 1. The Morgan fingerprint density at radius 2 is 1.95 bits per heavy atom. The van der Waals surface area contributed by atoms with E-state index in [0.29, 0.717) is 16.8 Å². The molecule has 0 aliphatic carbocycles. The van der Waals surface area contributed by atoms with E-state index in [0.717, 1.165) is 24.8 Å². The monoisotopic (exact) mass is 347 g/mol. The molecule has 2 rings (SSSR count). The molecule has 1 aromatic rings. The van der Waals surface area contributed by atoms with Gasteiger partial charge in [-0.25, -0.2) is 8.42 Å². The van der Waals surface area contributed by atoms with E-state index in [-0.39, 0.29) is 12.6 Å². The minimum Gasteiger partial charge on any atom is -0.395 e. The number of aliphatic hydroxyl groups excluding tert-OH is 1. The second kappa shape index (κ2) is 6.35. The minimum atomic E-state index is -3.49. The standard InChI is InChI=1S/C13H18BrNO3S/c14-9-11-4-6-13(7-5-11)19(17,18)15-8-2-1-3-12(15)10-16/h4-7,12,16H,1-3,8-10H2/t12-/m1/s1. The molecule has 4 nitrogen and oxygen atoms in total. The van der Waals surface area contributed by atoms with Gasteiger partial charge in [-0.05, 0) is 30.5 Å². The van der Waals surface area contributed by atoms with E-state index < -0.39 is 10.0 Å². The van der Waals surface area contributed by atoms with E-state index in [2.05, 4.69) is 15.9 Å². The van der Waals surface area contributed by atoms with Crippen LogP contribution in [0.2, 0.25) is 0 Å². The minimum absolute atomic E-state index is 0.112. The second-order valence-corrected chi connectivity index (χ2v) is 7.18. The maximum atomic E-state index is 12.6. The first-order chi connectivity index (χ1) is 9.09. The van der Waals surface area contributed by atoms with Crippen molar-refractivity contribution in [2.45, 2.75) is 35.5 Å². The molecule has 0 bridgehead atoms. The lowest BCUT2D eigenvalue weighted by atomic mass is 10.1. The van der Waals surface area contributed by atoms with Gasteiger partial charge in [0.1, 0.15) is 0 Å². The average molecular weight is 348 g/mol. The van der Waals surface area contributed by atoms with Gasteiger partial charge < -0.3 is 5.11 Å². The lowest BCUT2D eigenvalue weighted by molar-refractivity contribution is 0.155. The van der Waals surface area contributed by atoms with Crippen molar-refractivity contribution in [2.24, 2.45) is 0 Å². The molecule has 0 radical (unpaired) electrons. The van der Waals surface area contributed by atoms with Crippen molar-refractivity contribution >= 4 is 26.0 Å². The van der Waals surface area contributed by atoms with E-state index >= 15 is 0 Å². The Balaban J connectivity index is 2.29. The van der Waals surface area contributed by atoms with Crippen molar-refractivity contribution in [2.75, 3.05) is 13.2 Å². The first kappa shape index (κ1) is 15.0. The lowest BCUT2D eigenvalue weighted by Gasteiger charge is -2.33. The number of halogens is 1. The summed E-state index contributed by atoms with van der Waals surface area (Å²) in [6, 6.07) is 6.60. The zero-order chi connectivity index (χ0) is 13.9. The lowest BCUT2D eigenvalue weighted by Crippen LogP contribution is -2.45. The molecular formula is C13H18BrNO3S. The number of piperidine rings is 1. The fourth-order valence-corrected chi connectivity index (χ4v) is 4.42. The molecule has 0 amide bonds. The molecule has 1 saturated heterocycles. The summed E-state index contributed by atoms with van der Waals surface area (Å²) >= 11 is 3.34. The van der Waals surface area contributed by atoms with Crippen LogP contribution in [0.25, 0.3) is 0 Å². The van der Waals surface area contributed by atoms with Crippen LogP contribution in [0.3, 0.4) is 0 Å². The van der Waals surface area contributed by atoms with Gasteiger partial charge >= 0.3 is 0 Å². The van der Waals surface area contributed by atoms with Crippen LogP contribution in [0.1, 0.15) is 24.8 Å². The van der Waals surface area contributed by atoms with Gasteiger partial charge in [-0.1, -0.05) is 34.5 Å². The van der Waals surface area contributed by atoms with E-state index in [9.17, 15) is 13.5 Å². The summed E-state index contributed by atoms with van der Waals surface area (Å²) in [7, 11) is -3.49. The first-order valence-corrected chi connectivity index (χ1v) is 8.93. The van der Waals surface area contributed by atoms with Gasteiger partial charge in [-0.3, -0.25) is 0 Å². The molecule has 1 fully saturated rings. The maximum absolute atomic E-state index is 12.6. The Morgan fingerprint density at radius 1 is 1.26 bits per heavy atom. The Kier molecular flexibility index (Phi) is 5.00. The number of hydrogen-bond acceptors (Lipinski definition) is 3. The third kappa shape index (κ3) is 3.18. The number of hydrogen-bond donors (Lipinski definition) is 1. The van der Waals surface area contributed by atoms with Crippen LogP contribution in [0, 0.1) is 0 Å². The third-order valence-electron chi connectivity index (χ3n) is 3.47. The maximum Gasteiger partial charge on any atom is 0.243 e. The van der Waals surface area contributed by atoms with Crippen molar-refractivity contribution in [3.05, 3.63) is 29.8 Å². The summed E-state index contributed by atoms with van der Waals surface area (Å²) < 4.78 is 26.6. The molecule has 0 unspecified atom stereocenters. The molecule has 6 heteroatoms. The van der Waals surface area contributed by atoms with Crippen LogP contribution < -0.4 is 0 Å². The third-order valence-corrected chi connectivity index (χ3v) is 6.08. The summed E-state index contributed by atoms with van der Waals surface area (Å²) in [5.41, 5.74) is 1.04. The van der Waals surface area contributed by atoms with Gasteiger partial charge in [-0.2, -0.15) is 4.31 Å². The van der Waals surface area contributed by atoms with Crippen molar-refractivity contribution in [3.63, 3.8) is 0 Å². The van der Waals surface area contributed by atoms with Gasteiger partial charge in [0.25, 0.3) is 0 Å². The summed E-state index contributed by atoms with van der Waals surface area (Å²) in [5, 5.41) is 10.0. The molecule has 1 aliphatic rings. The molecular weight excluding hydrogens is 330 g/mol. The Bertz CT molecular complexity index is 515. The number of benzene rings is 1. The first-order valence-electron chi connectivity index (χ1n) is 6.37. The predicted octanol–water partition coefficient (Wildman–Crippen LogP) is 2.12. The van der Waals surface area contributed by atoms with Gasteiger partial charge in [-0.15, -0.1) is 0 Å². The van der Waals surface area contributed by atoms with Crippen LogP contribution in [0.4, 0.5) is 0 Å². The Morgan fingerprint density at radius 3 is 2.53 bits per heavy atom. The fraction of sp³-hybridized carbons (Fsp3) is 0.538. The van der Waals surface area contributed by atoms with E-state index in [1.54, 1.807) is 24.3 Å². The molecule has 1 atom stereocenters. The molecule has 106 valence electrons. The quantitative estimate of drug-likeness (QED) is 0.848. The smallest absolute Gasteiger partial charge is 0.243 e. The topological polar surface area (TPSA) is 57.6 Å². The van der Waals surface area contributed by atoms with Crippen molar-refractivity contribution in [3.8, 4) is 0 Å². The van der Waals surface area contributed by atoms with E-state index in [4.69, 9.17) is 0 Å². The van der Waals surface area contributed by atoms with E-state index in [1.807, 2.05) is 0 Å². The Hall–Kier alpha value is -0.430. The number of rotatable bonds is 4. The highest BCUT2D eigenvalue weighted by atomic mass is 79.9. The number of nitrogens with zero attached hydrogens (tertiary/aromatic N) is 1. The highest BCUT2D eigenvalue weighted by Gasteiger charge is 2.32. The highest BCUT2D eigenvalue weighted by Crippen LogP contribution is 2.25. The summed E-state index contributed by atoms with van der Waals surface area (Å²) in [5.74, 6) is 0. The van der Waals surface area contributed by atoms with E-state index in [1.165, 1.54) is 4.31 Å². The van der Waals surface area contributed by atoms with Crippen molar-refractivity contribution in [1.82, 2.24) is 4.31 Å². The van der Waals surface area contributed by atoms with Crippen LogP contribution in [-0.4, -0.2) is 37.0 Å². The summed E-state index contributed by atoms with van der Waals surface area (Å²) in [6.45, 7) is 0.381. The van der Waals surface area contributed by atoms with Crippen LogP contribution in [0.5, 0.6) is 0 Å². The zero-order valence-corrected chi connectivity index (χ0v) is 13.0. The van der Waals surface area contributed by atoms with Gasteiger partial charge in [0, 0.05) is 17.9 Å². The van der Waals surface area contributed by atoms with Gasteiger partial charge in [0.05, 0.1) is 11.5 Å². The number of alkyl halides is 1. The van der Waals surface area contributed by atoms with Crippen molar-refractivity contribution < 1.29 is 13.5 Å². The normalized spacial score (nSPS) is 21.5. The SMILES string of the molecule is O=S(=O)(c1ccc(CBr)cc1)N1CCCC[C@@H]1CO. The fourth-order valence-electron chi connectivity index (χ4n) is 2.36. The molecule has 1 aliphatic heterocycles. The predicted molar refractivity (Wildman–Crippen MR) is 77.7 cm³/mol. The molecule has 0 spiro atoms. The van der Waals surface area contributed by atoms with Crippen LogP contribution >= 0.6 is 15.9 Å². The number of aliphatic hydroxyl groups is 1. The van der Waals surface area contributed by atoms with Gasteiger partial charge in [0.2, 0.25) is 10.0 Å². The molecule has 1 heterocycles. The molecule has 1 aromatic carbocycles. The summed E-state index contributed by atoms with van der Waals surface area (Å²) in [4.78, 5) is 0.303. The van der Waals surface area contributed by atoms with Gasteiger partial charge in [0.15, 0.2) is 0 Å². The molecule has 19 heavy (non-hydrogen) atoms. The van der Waals surface area contributed by atoms with Crippen LogP contribution in [-0.2, 0) is 15.4 Å². The molecule has 0 aromatic heterocycles. The average Bonchev–Trinajstić information content (AvgIpc) is 2.47. The largest absolute Gasteiger partial charge is 0.395 e. The Labute approximate surface area is 122 Å². The van der Waals surface area contributed by atoms with Crippen LogP contribution in [0.15, 0.2) is 29.2 Å². The zero-order valence-electron chi connectivity index (χ0n) is 10.6. The second-order valence-electron chi connectivity index (χ2n) is 4.73.